The second-order valence-electron chi connectivity index (χ2n) is 6.76. The van der Waals surface area contributed by atoms with Gasteiger partial charge in [0.15, 0.2) is 0 Å². The van der Waals surface area contributed by atoms with Crippen molar-refractivity contribution >= 4 is 18.5 Å². The Labute approximate surface area is 135 Å². The Morgan fingerprint density at radius 2 is 1.65 bits per heavy atom. The number of hydrogen-bond donors (Lipinski definition) is 0. The largest absolute Gasteiger partial charge is 0.497 e. The second kappa shape index (κ2) is 5.87. The Bertz CT molecular complexity index is 618. The van der Waals surface area contributed by atoms with Gasteiger partial charge in [-0.05, 0) is 46.8 Å². The Balaban J connectivity index is 2.37. The molecule has 0 atom stereocenters. The molecule has 0 saturated carbocycles. The lowest BCUT2D eigenvalue weighted by molar-refractivity contribution is 0.00578. The Hall–Kier alpha value is -1.47. The summed E-state index contributed by atoms with van der Waals surface area (Å²) in [6, 6.07) is 1.89. The van der Waals surface area contributed by atoms with Crippen LogP contribution in [0.3, 0.4) is 0 Å². The van der Waals surface area contributed by atoms with Gasteiger partial charge in [-0.15, -0.1) is 0 Å². The lowest BCUT2D eigenvalue weighted by Crippen LogP contribution is -2.41. The number of rotatable bonds is 3. The van der Waals surface area contributed by atoms with Gasteiger partial charge < -0.3 is 14.2 Å². The molecule has 0 radical (unpaired) electrons. The van der Waals surface area contributed by atoms with Crippen molar-refractivity contribution < 1.29 is 22.9 Å². The van der Waals surface area contributed by atoms with Crippen molar-refractivity contribution in [3.8, 4) is 0 Å². The monoisotopic (exact) mass is 325 g/mol. The molecule has 4 nitrogen and oxygen atoms in total. The Morgan fingerprint density at radius 1 is 1.13 bits per heavy atom. The molecule has 0 aromatic heterocycles. The summed E-state index contributed by atoms with van der Waals surface area (Å²) in [5.74, 6) is -2.08. The van der Waals surface area contributed by atoms with E-state index in [0.717, 1.165) is 12.1 Å². The highest BCUT2D eigenvalue weighted by Gasteiger charge is 2.52. The second-order valence-corrected chi connectivity index (χ2v) is 6.76. The highest BCUT2D eigenvalue weighted by Crippen LogP contribution is 2.36. The minimum absolute atomic E-state index is 0.0446. The lowest BCUT2D eigenvalue weighted by atomic mass is 9.78. The summed E-state index contributed by atoms with van der Waals surface area (Å²) in [7, 11) is 0.518. The normalized spacial score (nSPS) is 19.0. The highest BCUT2D eigenvalue weighted by molar-refractivity contribution is 6.62. The van der Waals surface area contributed by atoms with Gasteiger partial charge in [0.1, 0.15) is 11.6 Å². The first-order valence-corrected chi connectivity index (χ1v) is 7.60. The molecule has 126 valence electrons. The summed E-state index contributed by atoms with van der Waals surface area (Å²) >= 11 is 0. The number of amides is 1. The molecule has 0 aliphatic carbocycles. The molecule has 1 fully saturated rings. The molecule has 0 bridgehead atoms. The predicted molar refractivity (Wildman–Crippen MR) is 84.7 cm³/mol. The van der Waals surface area contributed by atoms with Crippen molar-refractivity contribution in [2.75, 3.05) is 13.6 Å². The van der Waals surface area contributed by atoms with Gasteiger partial charge in [0.05, 0.1) is 16.8 Å². The quantitative estimate of drug-likeness (QED) is 0.801. The van der Waals surface area contributed by atoms with Gasteiger partial charge in [-0.1, -0.05) is 0 Å². The van der Waals surface area contributed by atoms with E-state index in [0.29, 0.717) is 6.54 Å². The molecule has 1 aliphatic rings. The van der Waals surface area contributed by atoms with E-state index in [1.165, 1.54) is 11.9 Å². The van der Waals surface area contributed by atoms with E-state index >= 15 is 0 Å². The fraction of sp³-hybridized carbons (Fsp3) is 0.562. The summed E-state index contributed by atoms with van der Waals surface area (Å²) in [6.07, 6.45) is 0. The van der Waals surface area contributed by atoms with Gasteiger partial charge in [-0.3, -0.25) is 4.79 Å². The molecule has 1 amide bonds. The van der Waals surface area contributed by atoms with Crippen LogP contribution in [-0.4, -0.2) is 42.7 Å². The first-order valence-electron chi connectivity index (χ1n) is 7.60. The topological polar surface area (TPSA) is 38.8 Å². The highest BCUT2D eigenvalue weighted by atomic mass is 19.1. The summed E-state index contributed by atoms with van der Waals surface area (Å²) in [4.78, 5) is 13.4. The van der Waals surface area contributed by atoms with E-state index in [2.05, 4.69) is 0 Å². The van der Waals surface area contributed by atoms with Gasteiger partial charge >= 0.3 is 7.12 Å². The van der Waals surface area contributed by atoms with Crippen molar-refractivity contribution in [3.63, 3.8) is 0 Å². The van der Waals surface area contributed by atoms with Crippen molar-refractivity contribution in [2.45, 2.75) is 45.8 Å². The SMILES string of the molecule is CCN(C)C(=O)c1cc(F)c(B2OC(C)(C)C(C)(C)O2)cc1F. The number of benzene rings is 1. The van der Waals surface area contributed by atoms with Gasteiger partial charge in [0.2, 0.25) is 0 Å². The number of halogens is 2. The summed E-state index contributed by atoms with van der Waals surface area (Å²) in [6.45, 7) is 9.47. The standard InChI is InChI=1S/C16H22BF2NO3/c1-7-20(6)14(21)10-8-13(19)11(9-12(10)18)17-22-15(2,3)16(4,5)23-17/h8-9H,7H2,1-6H3. The molecule has 1 saturated heterocycles. The van der Waals surface area contributed by atoms with Crippen LogP contribution in [0.5, 0.6) is 0 Å². The van der Waals surface area contributed by atoms with E-state index in [1.54, 1.807) is 6.92 Å². The molecular weight excluding hydrogens is 303 g/mol. The number of carbonyl (C=O) groups excluding carboxylic acids is 1. The molecule has 1 heterocycles. The fourth-order valence-corrected chi connectivity index (χ4v) is 2.23. The van der Waals surface area contributed by atoms with E-state index in [1.807, 2.05) is 27.7 Å². The Morgan fingerprint density at radius 3 is 2.13 bits per heavy atom. The minimum Gasteiger partial charge on any atom is -0.399 e. The predicted octanol–water partition coefficient (Wildman–Crippen LogP) is 2.36. The van der Waals surface area contributed by atoms with E-state index < -0.39 is 35.9 Å². The van der Waals surface area contributed by atoms with Crippen molar-refractivity contribution in [1.82, 2.24) is 4.90 Å². The molecule has 0 unspecified atom stereocenters. The van der Waals surface area contributed by atoms with Crippen LogP contribution in [0.25, 0.3) is 0 Å². The molecule has 23 heavy (non-hydrogen) atoms. The fourth-order valence-electron chi connectivity index (χ4n) is 2.23. The molecule has 7 heteroatoms. The third-order valence-electron chi connectivity index (χ3n) is 4.64. The van der Waals surface area contributed by atoms with Crippen LogP contribution in [0.15, 0.2) is 12.1 Å². The van der Waals surface area contributed by atoms with Crippen LogP contribution in [0, 0.1) is 11.6 Å². The average molecular weight is 325 g/mol. The van der Waals surface area contributed by atoms with E-state index in [4.69, 9.17) is 9.31 Å². The third kappa shape index (κ3) is 3.12. The zero-order chi connectivity index (χ0) is 17.6. The van der Waals surface area contributed by atoms with Crippen molar-refractivity contribution in [2.24, 2.45) is 0 Å². The van der Waals surface area contributed by atoms with Crippen LogP contribution < -0.4 is 5.46 Å². The van der Waals surface area contributed by atoms with Gasteiger partial charge in [-0.2, -0.15) is 0 Å². The van der Waals surface area contributed by atoms with E-state index in [9.17, 15) is 13.6 Å². The van der Waals surface area contributed by atoms with Crippen LogP contribution in [-0.2, 0) is 9.31 Å². The first kappa shape index (κ1) is 17.9. The smallest absolute Gasteiger partial charge is 0.399 e. The summed E-state index contributed by atoms with van der Waals surface area (Å²) < 4.78 is 40.2. The molecular formula is C16H22BF2NO3. The Kier molecular flexibility index (Phi) is 4.56. The third-order valence-corrected chi connectivity index (χ3v) is 4.64. The minimum atomic E-state index is -1.01. The van der Waals surface area contributed by atoms with Crippen LogP contribution in [0.1, 0.15) is 45.0 Å². The maximum absolute atomic E-state index is 14.4. The summed E-state index contributed by atoms with van der Waals surface area (Å²) in [5, 5.41) is 0. The molecule has 1 aromatic rings. The van der Waals surface area contributed by atoms with Crippen LogP contribution in [0.4, 0.5) is 8.78 Å². The van der Waals surface area contributed by atoms with E-state index in [-0.39, 0.29) is 11.0 Å². The molecule has 0 spiro atoms. The lowest BCUT2D eigenvalue weighted by Gasteiger charge is -2.32. The van der Waals surface area contributed by atoms with Gasteiger partial charge in [0.25, 0.3) is 5.91 Å². The molecule has 0 N–H and O–H groups in total. The average Bonchev–Trinajstić information content (AvgIpc) is 2.67. The number of hydrogen-bond acceptors (Lipinski definition) is 3. The zero-order valence-corrected chi connectivity index (χ0v) is 14.4. The zero-order valence-electron chi connectivity index (χ0n) is 14.4. The number of nitrogens with zero attached hydrogens (tertiary/aromatic N) is 1. The maximum atomic E-state index is 14.4. The molecule has 2 rings (SSSR count). The first-order chi connectivity index (χ1) is 10.5. The van der Waals surface area contributed by atoms with Gasteiger partial charge in [-0.25, -0.2) is 8.78 Å². The summed E-state index contributed by atoms with van der Waals surface area (Å²) in [5.41, 5.74) is -1.65. The van der Waals surface area contributed by atoms with Crippen LogP contribution in [0.2, 0.25) is 0 Å². The van der Waals surface area contributed by atoms with Crippen molar-refractivity contribution in [3.05, 3.63) is 29.3 Å². The maximum Gasteiger partial charge on any atom is 0.497 e. The van der Waals surface area contributed by atoms with Gasteiger partial charge in [0, 0.05) is 19.1 Å². The van der Waals surface area contributed by atoms with Crippen LogP contribution >= 0.6 is 0 Å². The number of carbonyl (C=O) groups is 1. The van der Waals surface area contributed by atoms with Crippen molar-refractivity contribution in [1.29, 1.82) is 0 Å². The molecule has 1 aliphatic heterocycles. The molecule has 1 aromatic carbocycles.